The Balaban J connectivity index is 2.06. The Hall–Kier alpha value is -3.77. The summed E-state index contributed by atoms with van der Waals surface area (Å²) in [5, 5.41) is 14.3. The highest BCUT2D eigenvalue weighted by Gasteiger charge is 2.33. The number of nitrogens with one attached hydrogen (secondary N) is 1. The van der Waals surface area contributed by atoms with Crippen LogP contribution in [0.1, 0.15) is 32.8 Å². The van der Waals surface area contributed by atoms with Gasteiger partial charge in [-0.05, 0) is 56.2 Å². The SMILES string of the molecule is CC[C@H](C)NC(=O)[C@H](C)N(Cc1cccc(Br)c1)C(=O)CN(c1cccc([N+](=O)[O-])c1)S(=O)(=O)c1ccccc1. The molecule has 2 amide bonds. The number of rotatable bonds is 12. The highest BCUT2D eigenvalue weighted by Crippen LogP contribution is 2.27. The van der Waals surface area contributed by atoms with Crippen LogP contribution in [0.4, 0.5) is 11.4 Å². The molecule has 0 aromatic heterocycles. The molecule has 1 N–H and O–H groups in total. The Labute approximate surface area is 242 Å². The molecule has 3 aromatic carbocycles. The predicted molar refractivity (Wildman–Crippen MR) is 156 cm³/mol. The summed E-state index contributed by atoms with van der Waals surface area (Å²) in [5.74, 6) is -1.04. The second-order valence-electron chi connectivity index (χ2n) is 9.25. The van der Waals surface area contributed by atoms with E-state index in [1.165, 1.54) is 35.2 Å². The van der Waals surface area contributed by atoms with Crippen LogP contribution in [-0.2, 0) is 26.2 Å². The van der Waals surface area contributed by atoms with Crippen LogP contribution >= 0.6 is 15.9 Å². The van der Waals surface area contributed by atoms with Crippen molar-refractivity contribution in [2.24, 2.45) is 0 Å². The topological polar surface area (TPSA) is 130 Å². The maximum Gasteiger partial charge on any atom is 0.271 e. The molecular weight excluding hydrogens is 600 g/mol. The summed E-state index contributed by atoms with van der Waals surface area (Å²) < 4.78 is 29.1. The summed E-state index contributed by atoms with van der Waals surface area (Å²) in [5.41, 5.74) is 0.342. The van der Waals surface area contributed by atoms with Gasteiger partial charge in [0, 0.05) is 29.2 Å². The van der Waals surface area contributed by atoms with Crippen LogP contribution in [0.15, 0.2) is 88.2 Å². The molecule has 0 unspecified atom stereocenters. The Morgan fingerprint density at radius 1 is 1.00 bits per heavy atom. The molecule has 0 spiro atoms. The van der Waals surface area contributed by atoms with Crippen molar-refractivity contribution in [3.8, 4) is 0 Å². The summed E-state index contributed by atoms with van der Waals surface area (Å²) in [6.07, 6.45) is 0.688. The maximum atomic E-state index is 13.9. The molecule has 0 saturated heterocycles. The Bertz CT molecular complexity index is 1470. The first-order valence-corrected chi connectivity index (χ1v) is 14.8. The largest absolute Gasteiger partial charge is 0.352 e. The van der Waals surface area contributed by atoms with Crippen molar-refractivity contribution < 1.29 is 22.9 Å². The monoisotopic (exact) mass is 630 g/mol. The minimum atomic E-state index is -4.32. The van der Waals surface area contributed by atoms with E-state index >= 15 is 0 Å². The number of anilines is 1. The Kier molecular flexibility index (Phi) is 10.4. The van der Waals surface area contributed by atoms with Crippen LogP contribution < -0.4 is 9.62 Å². The van der Waals surface area contributed by atoms with E-state index in [-0.39, 0.29) is 34.8 Å². The fourth-order valence-corrected chi connectivity index (χ4v) is 5.76. The molecule has 10 nitrogen and oxygen atoms in total. The van der Waals surface area contributed by atoms with E-state index in [1.807, 2.05) is 19.9 Å². The van der Waals surface area contributed by atoms with E-state index in [1.54, 1.807) is 43.3 Å². The van der Waals surface area contributed by atoms with Crippen molar-refractivity contribution in [3.63, 3.8) is 0 Å². The summed E-state index contributed by atoms with van der Waals surface area (Å²) in [4.78, 5) is 39.0. The number of sulfonamides is 1. The lowest BCUT2D eigenvalue weighted by atomic mass is 10.1. The molecule has 0 saturated carbocycles. The lowest BCUT2D eigenvalue weighted by Crippen LogP contribution is -2.52. The molecule has 0 bridgehead atoms. The van der Waals surface area contributed by atoms with E-state index in [0.29, 0.717) is 6.42 Å². The molecule has 3 rings (SSSR count). The number of amides is 2. The average molecular weight is 632 g/mol. The molecule has 0 fully saturated rings. The highest BCUT2D eigenvalue weighted by atomic mass is 79.9. The minimum Gasteiger partial charge on any atom is -0.352 e. The molecule has 0 aliphatic carbocycles. The van der Waals surface area contributed by atoms with Crippen LogP contribution in [0.5, 0.6) is 0 Å². The van der Waals surface area contributed by atoms with Gasteiger partial charge in [0.2, 0.25) is 11.8 Å². The van der Waals surface area contributed by atoms with Crippen LogP contribution in [0, 0.1) is 10.1 Å². The average Bonchev–Trinajstić information content (AvgIpc) is 2.94. The summed E-state index contributed by atoms with van der Waals surface area (Å²) in [7, 11) is -4.32. The number of nitrogens with zero attached hydrogens (tertiary/aromatic N) is 3. The summed E-state index contributed by atoms with van der Waals surface area (Å²) >= 11 is 3.41. The van der Waals surface area contributed by atoms with Crippen molar-refractivity contribution in [2.45, 2.75) is 50.7 Å². The van der Waals surface area contributed by atoms with E-state index in [4.69, 9.17) is 0 Å². The van der Waals surface area contributed by atoms with Gasteiger partial charge >= 0.3 is 0 Å². The summed E-state index contributed by atoms with van der Waals surface area (Å²) in [6, 6.07) is 18.7. The fraction of sp³-hybridized carbons (Fsp3) is 0.286. The zero-order chi connectivity index (χ0) is 29.4. The second-order valence-corrected chi connectivity index (χ2v) is 12.0. The number of nitro benzene ring substituents is 1. The molecule has 0 heterocycles. The molecule has 212 valence electrons. The number of benzene rings is 3. The van der Waals surface area contributed by atoms with Gasteiger partial charge in [-0.25, -0.2) is 8.42 Å². The smallest absolute Gasteiger partial charge is 0.271 e. The predicted octanol–water partition coefficient (Wildman–Crippen LogP) is 4.88. The Morgan fingerprint density at radius 3 is 2.30 bits per heavy atom. The number of hydrogen-bond donors (Lipinski definition) is 1. The third-order valence-corrected chi connectivity index (χ3v) is 8.63. The molecule has 2 atom stereocenters. The van der Waals surface area contributed by atoms with Gasteiger partial charge in [-0.3, -0.25) is 24.0 Å². The van der Waals surface area contributed by atoms with Gasteiger partial charge in [0.15, 0.2) is 0 Å². The van der Waals surface area contributed by atoms with Gasteiger partial charge in [0.25, 0.3) is 15.7 Å². The first-order valence-electron chi connectivity index (χ1n) is 12.6. The van der Waals surface area contributed by atoms with Crippen molar-refractivity contribution in [2.75, 3.05) is 10.8 Å². The molecule has 12 heteroatoms. The minimum absolute atomic E-state index is 0.0293. The first kappa shape index (κ1) is 30.8. The van der Waals surface area contributed by atoms with Gasteiger partial charge in [-0.2, -0.15) is 0 Å². The standard InChI is InChI=1S/C28H31BrN4O6S/c1-4-20(2)30-28(35)21(3)31(18-22-10-8-11-23(29)16-22)27(34)19-32(24-12-9-13-25(17-24)33(36)37)40(38,39)26-14-6-5-7-15-26/h5-17,20-21H,4,18-19H2,1-3H3,(H,30,35)/t20-,21-/m0/s1. The van der Waals surface area contributed by atoms with Crippen LogP contribution in [0.25, 0.3) is 0 Å². The first-order chi connectivity index (χ1) is 18.9. The zero-order valence-electron chi connectivity index (χ0n) is 22.4. The molecular formula is C28H31BrN4O6S. The van der Waals surface area contributed by atoms with Crippen molar-refractivity contribution in [1.29, 1.82) is 0 Å². The van der Waals surface area contributed by atoms with Gasteiger partial charge in [0.1, 0.15) is 12.6 Å². The molecule has 40 heavy (non-hydrogen) atoms. The zero-order valence-corrected chi connectivity index (χ0v) is 24.8. The van der Waals surface area contributed by atoms with E-state index in [2.05, 4.69) is 21.2 Å². The van der Waals surface area contributed by atoms with Gasteiger partial charge in [0.05, 0.1) is 15.5 Å². The van der Waals surface area contributed by atoms with Gasteiger partial charge in [-0.15, -0.1) is 0 Å². The van der Waals surface area contributed by atoms with Gasteiger partial charge in [-0.1, -0.05) is 59.3 Å². The van der Waals surface area contributed by atoms with Crippen LogP contribution in [0.2, 0.25) is 0 Å². The normalized spacial score (nSPS) is 12.7. The van der Waals surface area contributed by atoms with Gasteiger partial charge < -0.3 is 10.2 Å². The third kappa shape index (κ3) is 7.66. The fourth-order valence-electron chi connectivity index (χ4n) is 3.89. The van der Waals surface area contributed by atoms with E-state index in [9.17, 15) is 28.1 Å². The van der Waals surface area contributed by atoms with Crippen molar-refractivity contribution in [1.82, 2.24) is 10.2 Å². The number of carbonyl (C=O) groups is 2. The van der Waals surface area contributed by atoms with E-state index < -0.39 is 33.4 Å². The number of halogens is 1. The van der Waals surface area contributed by atoms with Crippen LogP contribution in [0.3, 0.4) is 0 Å². The molecule has 0 aliphatic rings. The Morgan fingerprint density at radius 2 is 1.68 bits per heavy atom. The number of hydrogen-bond acceptors (Lipinski definition) is 6. The van der Waals surface area contributed by atoms with Crippen molar-refractivity contribution in [3.05, 3.63) is 99.0 Å². The summed E-state index contributed by atoms with van der Waals surface area (Å²) in [6.45, 7) is 4.69. The second kappa shape index (κ2) is 13.5. The highest BCUT2D eigenvalue weighted by molar-refractivity contribution is 9.10. The van der Waals surface area contributed by atoms with E-state index in [0.717, 1.165) is 20.4 Å². The number of nitro groups is 1. The number of non-ortho nitro benzene ring substituents is 1. The van der Waals surface area contributed by atoms with Crippen LogP contribution in [-0.4, -0.2) is 48.7 Å². The van der Waals surface area contributed by atoms with Crippen molar-refractivity contribution >= 4 is 49.1 Å². The molecule has 0 radical (unpaired) electrons. The maximum absolute atomic E-state index is 13.9. The lowest BCUT2D eigenvalue weighted by Gasteiger charge is -2.32. The quantitative estimate of drug-likeness (QED) is 0.224. The lowest BCUT2D eigenvalue weighted by molar-refractivity contribution is -0.384. The third-order valence-electron chi connectivity index (χ3n) is 6.35. The number of carbonyl (C=O) groups excluding carboxylic acids is 2. The molecule has 3 aromatic rings. The molecule has 0 aliphatic heterocycles.